The van der Waals surface area contributed by atoms with Crippen molar-refractivity contribution in [3.05, 3.63) is 0 Å². The van der Waals surface area contributed by atoms with Crippen LogP contribution in [0.15, 0.2) is 0 Å². The van der Waals surface area contributed by atoms with E-state index >= 15 is 0 Å². The van der Waals surface area contributed by atoms with Crippen molar-refractivity contribution in [2.45, 2.75) is 38.5 Å². The molecule has 1 amide bonds. The van der Waals surface area contributed by atoms with Crippen LogP contribution >= 0.6 is 0 Å². The monoisotopic (exact) mass is 224 g/mol. The maximum atomic E-state index is 11.8. The molecule has 2 fully saturated rings. The van der Waals surface area contributed by atoms with E-state index in [1.54, 1.807) is 0 Å². The third-order valence-electron chi connectivity index (χ3n) is 3.92. The number of rotatable bonds is 6. The molecule has 1 N–H and O–H groups in total. The summed E-state index contributed by atoms with van der Waals surface area (Å²) in [6.45, 7) is 3.21. The minimum Gasteiger partial charge on any atom is -0.346 e. The van der Waals surface area contributed by atoms with Crippen LogP contribution in [0, 0.1) is 11.8 Å². The van der Waals surface area contributed by atoms with Crippen LogP contribution in [-0.4, -0.2) is 37.5 Å². The van der Waals surface area contributed by atoms with Gasteiger partial charge in [-0.05, 0) is 44.2 Å². The molecule has 1 atom stereocenters. The van der Waals surface area contributed by atoms with Crippen molar-refractivity contribution < 1.29 is 4.79 Å². The molecule has 0 radical (unpaired) electrons. The molecule has 1 saturated carbocycles. The second-order valence-electron chi connectivity index (χ2n) is 5.44. The summed E-state index contributed by atoms with van der Waals surface area (Å²) in [5.74, 6) is 2.00. The fourth-order valence-electron chi connectivity index (χ4n) is 2.39. The number of carbonyl (C=O) groups excluding carboxylic acids is 1. The third-order valence-corrected chi connectivity index (χ3v) is 3.92. The normalized spacial score (nSPS) is 24.7. The molecule has 3 nitrogen and oxygen atoms in total. The summed E-state index contributed by atoms with van der Waals surface area (Å²) < 4.78 is 0. The molecule has 2 aliphatic rings. The Morgan fingerprint density at radius 2 is 2.06 bits per heavy atom. The quantitative estimate of drug-likeness (QED) is 0.744. The summed E-state index contributed by atoms with van der Waals surface area (Å²) >= 11 is 0. The molecule has 1 saturated heterocycles. The van der Waals surface area contributed by atoms with E-state index < -0.39 is 0 Å². The van der Waals surface area contributed by atoms with Gasteiger partial charge >= 0.3 is 0 Å². The molecule has 16 heavy (non-hydrogen) atoms. The Labute approximate surface area is 98.6 Å². The van der Waals surface area contributed by atoms with Crippen LogP contribution < -0.4 is 5.32 Å². The molecule has 0 aromatic rings. The van der Waals surface area contributed by atoms with E-state index in [1.807, 2.05) is 11.9 Å². The largest absolute Gasteiger partial charge is 0.346 e. The maximum Gasteiger partial charge on any atom is 0.222 e. The molecule has 1 aliphatic heterocycles. The Kier molecular flexibility index (Phi) is 4.22. The van der Waals surface area contributed by atoms with Gasteiger partial charge in [-0.15, -0.1) is 0 Å². The standard InChI is InChI=1S/C13H24N2O/c1-15(9-7-11-2-3-11)13(16)5-4-12-6-8-14-10-12/h11-12,14H,2-10H2,1H3. The highest BCUT2D eigenvalue weighted by Gasteiger charge is 2.22. The van der Waals surface area contributed by atoms with E-state index in [4.69, 9.17) is 0 Å². The molecule has 1 heterocycles. The van der Waals surface area contributed by atoms with Crippen LogP contribution in [-0.2, 0) is 4.79 Å². The molecule has 2 rings (SSSR count). The number of amides is 1. The number of carbonyl (C=O) groups is 1. The predicted octanol–water partition coefficient (Wildman–Crippen LogP) is 1.63. The molecular weight excluding hydrogens is 200 g/mol. The zero-order chi connectivity index (χ0) is 11.4. The van der Waals surface area contributed by atoms with E-state index in [2.05, 4.69) is 5.32 Å². The SMILES string of the molecule is CN(CCC1CC1)C(=O)CCC1CCNC1. The molecule has 1 unspecified atom stereocenters. The summed E-state index contributed by atoms with van der Waals surface area (Å²) in [6, 6.07) is 0. The van der Waals surface area contributed by atoms with Crippen molar-refractivity contribution in [1.29, 1.82) is 0 Å². The highest BCUT2D eigenvalue weighted by atomic mass is 16.2. The zero-order valence-electron chi connectivity index (χ0n) is 10.4. The molecule has 3 heteroatoms. The van der Waals surface area contributed by atoms with Gasteiger partial charge in [0.1, 0.15) is 0 Å². The van der Waals surface area contributed by atoms with Gasteiger partial charge in [0.25, 0.3) is 0 Å². The first-order valence-corrected chi connectivity index (χ1v) is 6.70. The highest BCUT2D eigenvalue weighted by molar-refractivity contribution is 5.75. The fourth-order valence-corrected chi connectivity index (χ4v) is 2.39. The van der Waals surface area contributed by atoms with Gasteiger partial charge in [0.05, 0.1) is 0 Å². The van der Waals surface area contributed by atoms with Crippen LogP contribution in [0.25, 0.3) is 0 Å². The average molecular weight is 224 g/mol. The van der Waals surface area contributed by atoms with Crippen LogP contribution in [0.5, 0.6) is 0 Å². The minimum atomic E-state index is 0.340. The van der Waals surface area contributed by atoms with Gasteiger partial charge in [0, 0.05) is 20.0 Å². The van der Waals surface area contributed by atoms with Crippen molar-refractivity contribution >= 4 is 5.91 Å². The lowest BCUT2D eigenvalue weighted by molar-refractivity contribution is -0.130. The maximum absolute atomic E-state index is 11.8. The lowest BCUT2D eigenvalue weighted by atomic mass is 10.0. The number of hydrogen-bond acceptors (Lipinski definition) is 2. The number of hydrogen-bond donors (Lipinski definition) is 1. The van der Waals surface area contributed by atoms with Crippen molar-refractivity contribution in [3.8, 4) is 0 Å². The van der Waals surface area contributed by atoms with Gasteiger partial charge in [-0.2, -0.15) is 0 Å². The van der Waals surface area contributed by atoms with Gasteiger partial charge in [0.15, 0.2) is 0 Å². The Morgan fingerprint density at radius 1 is 1.25 bits per heavy atom. The lowest BCUT2D eigenvalue weighted by Crippen LogP contribution is -2.28. The van der Waals surface area contributed by atoms with E-state index in [0.29, 0.717) is 5.91 Å². The molecule has 0 aromatic carbocycles. The lowest BCUT2D eigenvalue weighted by Gasteiger charge is -2.18. The smallest absolute Gasteiger partial charge is 0.222 e. The van der Waals surface area contributed by atoms with E-state index in [9.17, 15) is 4.79 Å². The number of nitrogens with one attached hydrogen (secondary N) is 1. The summed E-state index contributed by atoms with van der Waals surface area (Å²) in [6.07, 6.45) is 7.05. The first kappa shape index (κ1) is 11.9. The van der Waals surface area contributed by atoms with Crippen molar-refractivity contribution in [1.82, 2.24) is 10.2 Å². The van der Waals surface area contributed by atoms with Crippen LogP contribution in [0.4, 0.5) is 0 Å². The van der Waals surface area contributed by atoms with Gasteiger partial charge in [-0.1, -0.05) is 12.8 Å². The van der Waals surface area contributed by atoms with Gasteiger partial charge in [0.2, 0.25) is 5.91 Å². The summed E-state index contributed by atoms with van der Waals surface area (Å²) in [5, 5.41) is 3.35. The van der Waals surface area contributed by atoms with E-state index in [0.717, 1.165) is 44.3 Å². The second-order valence-corrected chi connectivity index (χ2v) is 5.44. The second kappa shape index (κ2) is 5.67. The van der Waals surface area contributed by atoms with Crippen molar-refractivity contribution in [2.24, 2.45) is 11.8 Å². The Morgan fingerprint density at radius 3 is 2.69 bits per heavy atom. The van der Waals surface area contributed by atoms with Gasteiger partial charge in [-0.25, -0.2) is 0 Å². The van der Waals surface area contributed by atoms with Crippen molar-refractivity contribution in [3.63, 3.8) is 0 Å². The predicted molar refractivity (Wildman–Crippen MR) is 65.2 cm³/mol. The van der Waals surface area contributed by atoms with Crippen LogP contribution in [0.2, 0.25) is 0 Å². The first-order chi connectivity index (χ1) is 7.75. The minimum absolute atomic E-state index is 0.340. The third kappa shape index (κ3) is 3.78. The Hall–Kier alpha value is -0.570. The summed E-state index contributed by atoms with van der Waals surface area (Å²) in [5.41, 5.74) is 0. The molecule has 0 aromatic heterocycles. The van der Waals surface area contributed by atoms with Crippen molar-refractivity contribution in [2.75, 3.05) is 26.7 Å². The molecule has 0 bridgehead atoms. The zero-order valence-corrected chi connectivity index (χ0v) is 10.4. The fraction of sp³-hybridized carbons (Fsp3) is 0.923. The first-order valence-electron chi connectivity index (χ1n) is 6.70. The highest BCUT2D eigenvalue weighted by Crippen LogP contribution is 2.32. The van der Waals surface area contributed by atoms with Crippen LogP contribution in [0.3, 0.4) is 0 Å². The summed E-state index contributed by atoms with van der Waals surface area (Å²) in [4.78, 5) is 13.8. The molecule has 92 valence electrons. The Bertz CT molecular complexity index is 232. The topological polar surface area (TPSA) is 32.3 Å². The van der Waals surface area contributed by atoms with Gasteiger partial charge in [-0.3, -0.25) is 4.79 Å². The number of nitrogens with zero attached hydrogens (tertiary/aromatic N) is 1. The molecule has 1 aliphatic carbocycles. The average Bonchev–Trinajstić information content (AvgIpc) is 2.97. The Balaban J connectivity index is 1.57. The van der Waals surface area contributed by atoms with E-state index in [1.165, 1.54) is 25.7 Å². The van der Waals surface area contributed by atoms with E-state index in [-0.39, 0.29) is 0 Å². The van der Waals surface area contributed by atoms with Crippen LogP contribution in [0.1, 0.15) is 38.5 Å². The molecule has 0 spiro atoms. The van der Waals surface area contributed by atoms with Gasteiger partial charge < -0.3 is 10.2 Å². The molecular formula is C13H24N2O. The summed E-state index contributed by atoms with van der Waals surface area (Å²) in [7, 11) is 1.96.